The van der Waals surface area contributed by atoms with Crippen LogP contribution in [-0.2, 0) is 39.9 Å². The SMILES string of the molecule is CCCCCCCC/C=C\CCCCCCCC(=O)OCC(COC(=O)CCCCCCC/C=C\CCCCCCCC)(COC(=O)CCCCCCC/C=C\CCCCCCCC)NC(=O)CCN(C)Cc1ccncc1. The summed E-state index contributed by atoms with van der Waals surface area (Å²) in [7, 11) is 1.95. The van der Waals surface area contributed by atoms with Crippen LogP contribution in [-0.4, -0.2) is 72.7 Å². The van der Waals surface area contributed by atoms with Gasteiger partial charge in [0.15, 0.2) is 0 Å². The summed E-state index contributed by atoms with van der Waals surface area (Å²) in [6.07, 6.45) is 63.8. The van der Waals surface area contributed by atoms with E-state index in [9.17, 15) is 19.2 Å². The van der Waals surface area contributed by atoms with Gasteiger partial charge in [0, 0.05) is 51.2 Å². The van der Waals surface area contributed by atoms with Crippen LogP contribution >= 0.6 is 0 Å². The van der Waals surface area contributed by atoms with Crippen molar-refractivity contribution in [3.05, 3.63) is 66.5 Å². The van der Waals surface area contributed by atoms with Gasteiger partial charge in [-0.25, -0.2) is 0 Å². The monoisotopic (exact) mass is 1090 g/mol. The van der Waals surface area contributed by atoms with E-state index in [2.05, 4.69) is 67.5 Å². The minimum atomic E-state index is -1.45. The highest BCUT2D eigenvalue weighted by Gasteiger charge is 2.37. The lowest BCUT2D eigenvalue weighted by Crippen LogP contribution is -2.59. The van der Waals surface area contributed by atoms with E-state index in [-0.39, 0.29) is 69.3 Å². The van der Waals surface area contributed by atoms with Gasteiger partial charge in [-0.05, 0) is 121 Å². The van der Waals surface area contributed by atoms with Crippen LogP contribution in [0.2, 0.25) is 0 Å². The maximum atomic E-state index is 13.9. The lowest BCUT2D eigenvalue weighted by molar-refractivity contribution is -0.159. The summed E-state index contributed by atoms with van der Waals surface area (Å²) in [6.45, 7) is 7.01. The van der Waals surface area contributed by atoms with Crippen molar-refractivity contribution in [1.29, 1.82) is 0 Å². The maximum absolute atomic E-state index is 13.9. The number of unbranched alkanes of at least 4 members (excludes halogenated alkanes) is 33. The van der Waals surface area contributed by atoms with Crippen LogP contribution in [0.5, 0.6) is 0 Å². The molecular weight excluding hydrogens is 971 g/mol. The predicted octanol–water partition coefficient (Wildman–Crippen LogP) is 18.5. The van der Waals surface area contributed by atoms with Gasteiger partial charge < -0.3 is 24.4 Å². The van der Waals surface area contributed by atoms with E-state index < -0.39 is 5.54 Å². The number of nitrogens with zero attached hydrogens (tertiary/aromatic N) is 2. The molecule has 1 aromatic rings. The summed E-state index contributed by atoms with van der Waals surface area (Å²) in [5, 5.41) is 3.06. The molecule has 78 heavy (non-hydrogen) atoms. The Hall–Kier alpha value is -3.79. The molecule has 1 N–H and O–H groups in total. The first-order valence-electron chi connectivity index (χ1n) is 32.5. The molecule has 1 rings (SSSR count). The normalized spacial score (nSPS) is 11.9. The molecule has 0 radical (unpaired) electrons. The van der Waals surface area contributed by atoms with Crippen LogP contribution in [0.25, 0.3) is 0 Å². The van der Waals surface area contributed by atoms with Gasteiger partial charge in [0.05, 0.1) is 0 Å². The van der Waals surface area contributed by atoms with Gasteiger partial charge in [0.1, 0.15) is 25.4 Å². The van der Waals surface area contributed by atoms with Crippen molar-refractivity contribution in [2.45, 2.75) is 309 Å². The van der Waals surface area contributed by atoms with Crippen LogP contribution in [0.3, 0.4) is 0 Å². The van der Waals surface area contributed by atoms with Gasteiger partial charge in [0.25, 0.3) is 0 Å². The van der Waals surface area contributed by atoms with E-state index in [1.807, 2.05) is 24.1 Å². The highest BCUT2D eigenvalue weighted by Crippen LogP contribution is 2.18. The largest absolute Gasteiger partial charge is 0.463 e. The standard InChI is InChI=1S/C68H119N3O7/c1-5-8-11-14-17-20-23-26-29-32-35-38-41-44-47-50-65(73)76-60-68(70-64(72)55-58-71(4)59-63-53-56-69-57-54-63,61-77-66(74)51-48-45-42-39-36-33-30-27-24-21-18-15-12-9-6-2)62-78-67(75)52-49-46-43-40-37-34-31-28-25-22-19-16-13-10-7-3/h26-31,53-54,56-57H,5-25,32-52,55,58-62H2,1-4H3,(H,70,72)/b29-26-,30-27-,31-28-. The zero-order chi connectivity index (χ0) is 56.5. The molecule has 10 nitrogen and oxygen atoms in total. The number of rotatable bonds is 57. The molecule has 10 heteroatoms. The van der Waals surface area contributed by atoms with Crippen molar-refractivity contribution in [3.63, 3.8) is 0 Å². The average Bonchev–Trinajstić information content (AvgIpc) is 3.44. The van der Waals surface area contributed by atoms with Crippen molar-refractivity contribution in [1.82, 2.24) is 15.2 Å². The Kier molecular flexibility index (Phi) is 51.1. The second-order valence-corrected chi connectivity index (χ2v) is 22.7. The molecule has 0 unspecified atom stereocenters. The highest BCUT2D eigenvalue weighted by molar-refractivity contribution is 5.77. The number of pyridine rings is 1. The Balaban J connectivity index is 2.85. The fourth-order valence-electron chi connectivity index (χ4n) is 9.66. The Labute approximate surface area is 479 Å². The molecular formula is C68H119N3O7. The first kappa shape index (κ1) is 72.2. The zero-order valence-electron chi connectivity index (χ0n) is 51.0. The van der Waals surface area contributed by atoms with E-state index in [0.29, 0.717) is 32.4 Å². The lowest BCUT2D eigenvalue weighted by atomic mass is 10.0. The summed E-state index contributed by atoms with van der Waals surface area (Å²) in [4.78, 5) is 60.0. The molecule has 1 amide bonds. The van der Waals surface area contributed by atoms with E-state index in [1.165, 1.54) is 135 Å². The van der Waals surface area contributed by atoms with E-state index in [1.54, 1.807) is 12.4 Å². The fraction of sp³-hybridized carbons (Fsp3) is 0.779. The molecule has 0 spiro atoms. The summed E-state index contributed by atoms with van der Waals surface area (Å²) >= 11 is 0. The number of ether oxygens (including phenoxy) is 3. The molecule has 0 atom stereocenters. The molecule has 1 heterocycles. The van der Waals surface area contributed by atoms with Crippen molar-refractivity contribution in [2.24, 2.45) is 0 Å². The number of hydrogen-bond acceptors (Lipinski definition) is 9. The van der Waals surface area contributed by atoms with Gasteiger partial charge in [-0.1, -0.05) is 211 Å². The molecule has 0 saturated heterocycles. The first-order chi connectivity index (χ1) is 38.2. The zero-order valence-corrected chi connectivity index (χ0v) is 51.0. The van der Waals surface area contributed by atoms with Crippen LogP contribution < -0.4 is 5.32 Å². The molecule has 448 valence electrons. The van der Waals surface area contributed by atoms with E-state index in [0.717, 1.165) is 102 Å². The molecule has 0 aliphatic rings. The lowest BCUT2D eigenvalue weighted by Gasteiger charge is -2.33. The van der Waals surface area contributed by atoms with Crippen molar-refractivity contribution < 1.29 is 33.4 Å². The molecule has 0 saturated carbocycles. The Morgan fingerprint density at radius 3 is 1.01 bits per heavy atom. The summed E-state index contributed by atoms with van der Waals surface area (Å²) in [5.74, 6) is -1.47. The molecule has 1 aromatic heterocycles. The minimum absolute atomic E-state index is 0.137. The maximum Gasteiger partial charge on any atom is 0.305 e. The molecule has 0 bridgehead atoms. The number of carbonyl (C=O) groups is 4. The van der Waals surface area contributed by atoms with Crippen LogP contribution in [0.4, 0.5) is 0 Å². The summed E-state index contributed by atoms with van der Waals surface area (Å²) in [6, 6.07) is 3.90. The number of carbonyl (C=O) groups excluding carboxylic acids is 4. The average molecular weight is 1090 g/mol. The third-order valence-electron chi connectivity index (χ3n) is 14.8. The second-order valence-electron chi connectivity index (χ2n) is 22.7. The Morgan fingerprint density at radius 1 is 0.423 bits per heavy atom. The van der Waals surface area contributed by atoms with Crippen LogP contribution in [0.1, 0.15) is 302 Å². The number of allylic oxidation sites excluding steroid dienone is 6. The number of esters is 3. The number of hydrogen-bond donors (Lipinski definition) is 1. The van der Waals surface area contributed by atoms with Gasteiger partial charge in [-0.15, -0.1) is 0 Å². The smallest absolute Gasteiger partial charge is 0.305 e. The van der Waals surface area contributed by atoms with Crippen molar-refractivity contribution >= 4 is 23.8 Å². The van der Waals surface area contributed by atoms with Gasteiger partial charge in [-0.3, -0.25) is 24.2 Å². The van der Waals surface area contributed by atoms with Crippen molar-refractivity contribution in [3.8, 4) is 0 Å². The molecule has 0 aliphatic heterocycles. The molecule has 0 aliphatic carbocycles. The summed E-state index contributed by atoms with van der Waals surface area (Å²) < 4.78 is 17.7. The molecule has 0 aromatic carbocycles. The minimum Gasteiger partial charge on any atom is -0.463 e. The molecule has 0 fully saturated rings. The predicted molar refractivity (Wildman–Crippen MR) is 327 cm³/mol. The Morgan fingerprint density at radius 2 is 0.705 bits per heavy atom. The Bertz CT molecular complexity index is 1490. The number of nitrogens with one attached hydrogen (secondary N) is 1. The fourth-order valence-corrected chi connectivity index (χ4v) is 9.66. The third kappa shape index (κ3) is 48.1. The number of amides is 1. The highest BCUT2D eigenvalue weighted by atomic mass is 16.6. The van der Waals surface area contributed by atoms with Gasteiger partial charge in [0.2, 0.25) is 5.91 Å². The van der Waals surface area contributed by atoms with E-state index in [4.69, 9.17) is 14.2 Å². The van der Waals surface area contributed by atoms with Gasteiger partial charge in [-0.2, -0.15) is 0 Å². The van der Waals surface area contributed by atoms with Gasteiger partial charge >= 0.3 is 17.9 Å². The van der Waals surface area contributed by atoms with Crippen LogP contribution in [0, 0.1) is 0 Å². The summed E-state index contributed by atoms with van der Waals surface area (Å²) in [5.41, 5.74) is -0.369. The number of aromatic nitrogens is 1. The quantitative estimate of drug-likeness (QED) is 0.0294. The van der Waals surface area contributed by atoms with Crippen molar-refractivity contribution in [2.75, 3.05) is 33.4 Å². The van der Waals surface area contributed by atoms with Crippen LogP contribution in [0.15, 0.2) is 61.0 Å². The first-order valence-corrected chi connectivity index (χ1v) is 32.5. The third-order valence-corrected chi connectivity index (χ3v) is 14.8. The topological polar surface area (TPSA) is 124 Å². The second kappa shape index (κ2) is 55.1. The van der Waals surface area contributed by atoms with E-state index >= 15 is 0 Å².